The zero-order chi connectivity index (χ0) is 23.6. The van der Waals surface area contributed by atoms with Gasteiger partial charge in [-0.25, -0.2) is 13.4 Å². The largest absolute Gasteiger partial charge is 0.379 e. The highest BCUT2D eigenvalue weighted by Crippen LogP contribution is 2.26. The first-order valence-electron chi connectivity index (χ1n) is 11.1. The number of morpholine rings is 1. The summed E-state index contributed by atoms with van der Waals surface area (Å²) in [4.78, 5) is 18.7. The predicted octanol–water partition coefficient (Wildman–Crippen LogP) is 3.10. The molecule has 1 atom stereocenters. The van der Waals surface area contributed by atoms with E-state index in [0.717, 1.165) is 16.2 Å². The summed E-state index contributed by atoms with van der Waals surface area (Å²) in [5, 5.41) is 5.16. The minimum Gasteiger partial charge on any atom is -0.379 e. The molecule has 10 heteroatoms. The molecule has 3 heterocycles. The molecule has 33 heavy (non-hydrogen) atoms. The minimum atomic E-state index is -3.59. The highest BCUT2D eigenvalue weighted by atomic mass is 32.2. The zero-order valence-corrected chi connectivity index (χ0v) is 20.8. The van der Waals surface area contributed by atoms with Crippen LogP contribution < -0.4 is 5.32 Å². The van der Waals surface area contributed by atoms with Crippen LogP contribution >= 0.6 is 11.3 Å². The van der Waals surface area contributed by atoms with Crippen molar-refractivity contribution in [3.63, 3.8) is 0 Å². The van der Waals surface area contributed by atoms with Gasteiger partial charge < -0.3 is 14.6 Å². The number of hydrogen-bond acceptors (Lipinski definition) is 6. The number of aryl methyl sites for hydroxylation is 2. The van der Waals surface area contributed by atoms with E-state index in [4.69, 9.17) is 4.74 Å². The Kier molecular flexibility index (Phi) is 7.18. The Labute approximate surface area is 198 Å². The number of thiophene rings is 1. The Balaban J connectivity index is 1.47. The van der Waals surface area contributed by atoms with Gasteiger partial charge in [0.1, 0.15) is 5.82 Å². The summed E-state index contributed by atoms with van der Waals surface area (Å²) < 4.78 is 34.6. The van der Waals surface area contributed by atoms with Gasteiger partial charge in [-0.3, -0.25) is 4.79 Å². The second-order valence-corrected chi connectivity index (χ2v) is 11.5. The maximum atomic E-state index is 13.0. The van der Waals surface area contributed by atoms with Gasteiger partial charge in [0.2, 0.25) is 15.9 Å². The van der Waals surface area contributed by atoms with Gasteiger partial charge in [0.05, 0.1) is 35.2 Å². The summed E-state index contributed by atoms with van der Waals surface area (Å²) >= 11 is 1.64. The standard InChI is InChI=1S/C23H30N4O4S2/c1-16(2)23(20-5-4-14-32-20)25-22(28)9-8-21-24-18-15-17(6-7-19(18)26(21)3)33(29,30)27-10-12-31-13-11-27/h4-7,14-16,23H,8-13H2,1-3H3,(H,25,28). The fraction of sp³-hybridized carbons (Fsp3) is 0.478. The van der Waals surface area contributed by atoms with Gasteiger partial charge in [-0.1, -0.05) is 19.9 Å². The molecular formula is C23H30N4O4S2. The fourth-order valence-electron chi connectivity index (χ4n) is 4.06. The molecule has 2 aromatic heterocycles. The van der Waals surface area contributed by atoms with E-state index in [1.165, 1.54) is 4.31 Å². The molecule has 8 nitrogen and oxygen atoms in total. The molecule has 0 bridgehead atoms. The molecule has 1 fully saturated rings. The summed E-state index contributed by atoms with van der Waals surface area (Å²) in [7, 11) is -1.69. The number of rotatable bonds is 8. The van der Waals surface area contributed by atoms with Gasteiger partial charge in [0.15, 0.2) is 0 Å². The van der Waals surface area contributed by atoms with Crippen molar-refractivity contribution in [2.24, 2.45) is 13.0 Å². The van der Waals surface area contributed by atoms with E-state index >= 15 is 0 Å². The van der Waals surface area contributed by atoms with Crippen LogP contribution in [-0.4, -0.2) is 54.5 Å². The van der Waals surface area contributed by atoms with Crippen LogP contribution in [0.3, 0.4) is 0 Å². The number of imidazole rings is 1. The Morgan fingerprint density at radius 2 is 2.00 bits per heavy atom. The highest BCUT2D eigenvalue weighted by Gasteiger charge is 2.27. The van der Waals surface area contributed by atoms with Gasteiger partial charge in [0, 0.05) is 37.9 Å². The molecular weight excluding hydrogens is 460 g/mol. The molecule has 1 amide bonds. The number of nitrogens with one attached hydrogen (secondary N) is 1. The van der Waals surface area contributed by atoms with E-state index in [1.807, 2.05) is 29.1 Å². The monoisotopic (exact) mass is 490 g/mol. The average Bonchev–Trinajstić information content (AvgIpc) is 3.44. The highest BCUT2D eigenvalue weighted by molar-refractivity contribution is 7.89. The lowest BCUT2D eigenvalue weighted by Crippen LogP contribution is -2.40. The first kappa shape index (κ1) is 23.9. The second kappa shape index (κ2) is 9.92. The molecule has 1 N–H and O–H groups in total. The third-order valence-corrected chi connectivity index (χ3v) is 8.81. The number of benzene rings is 1. The Bertz CT molecular complexity index is 1210. The number of nitrogens with zero attached hydrogens (tertiary/aromatic N) is 3. The van der Waals surface area contributed by atoms with Crippen molar-refractivity contribution < 1.29 is 17.9 Å². The Morgan fingerprint density at radius 1 is 1.24 bits per heavy atom. The summed E-state index contributed by atoms with van der Waals surface area (Å²) in [6.07, 6.45) is 0.780. The van der Waals surface area contributed by atoms with Gasteiger partial charge in [0.25, 0.3) is 0 Å². The van der Waals surface area contributed by atoms with Crippen LogP contribution in [-0.2, 0) is 33.0 Å². The molecule has 1 unspecified atom stereocenters. The molecule has 0 aliphatic carbocycles. The van der Waals surface area contributed by atoms with Crippen LogP contribution in [0.2, 0.25) is 0 Å². The Hall–Kier alpha value is -2.27. The van der Waals surface area contributed by atoms with Gasteiger partial charge in [-0.05, 0) is 35.6 Å². The summed E-state index contributed by atoms with van der Waals surface area (Å²) in [5.74, 6) is 1.01. The molecule has 0 radical (unpaired) electrons. The number of aromatic nitrogens is 2. The molecule has 1 aromatic carbocycles. The van der Waals surface area contributed by atoms with E-state index < -0.39 is 10.0 Å². The number of fused-ring (bicyclic) bond motifs is 1. The van der Waals surface area contributed by atoms with E-state index in [2.05, 4.69) is 24.1 Å². The van der Waals surface area contributed by atoms with Crippen molar-refractivity contribution in [2.45, 2.75) is 37.6 Å². The van der Waals surface area contributed by atoms with Crippen LogP contribution in [0.1, 0.15) is 37.0 Å². The molecule has 1 saturated heterocycles. The molecule has 1 aliphatic rings. The quantitative estimate of drug-likeness (QED) is 0.524. The number of ether oxygens (including phenoxy) is 1. The maximum absolute atomic E-state index is 13.0. The number of carbonyl (C=O) groups excluding carboxylic acids is 1. The van der Waals surface area contributed by atoms with E-state index in [-0.39, 0.29) is 22.8 Å². The third kappa shape index (κ3) is 5.13. The molecule has 1 aliphatic heterocycles. The number of hydrogen-bond donors (Lipinski definition) is 1. The Morgan fingerprint density at radius 3 is 2.67 bits per heavy atom. The smallest absolute Gasteiger partial charge is 0.243 e. The number of amides is 1. The summed E-state index contributed by atoms with van der Waals surface area (Å²) in [6.45, 7) is 5.71. The maximum Gasteiger partial charge on any atom is 0.243 e. The van der Waals surface area contributed by atoms with Gasteiger partial charge in [-0.15, -0.1) is 11.3 Å². The lowest BCUT2D eigenvalue weighted by Gasteiger charge is -2.26. The lowest BCUT2D eigenvalue weighted by molar-refractivity contribution is -0.122. The summed E-state index contributed by atoms with van der Waals surface area (Å²) in [6, 6.07) is 9.06. The third-order valence-electron chi connectivity index (χ3n) is 5.96. The van der Waals surface area contributed by atoms with Crippen molar-refractivity contribution in [2.75, 3.05) is 26.3 Å². The molecule has 4 rings (SSSR count). The van der Waals surface area contributed by atoms with Gasteiger partial charge in [-0.2, -0.15) is 4.31 Å². The van der Waals surface area contributed by atoms with Gasteiger partial charge >= 0.3 is 0 Å². The van der Waals surface area contributed by atoms with Crippen molar-refractivity contribution in [1.29, 1.82) is 0 Å². The minimum absolute atomic E-state index is 0.00843. The van der Waals surface area contributed by atoms with Crippen molar-refractivity contribution in [3.8, 4) is 0 Å². The van der Waals surface area contributed by atoms with Crippen LogP contribution in [0.4, 0.5) is 0 Å². The first-order chi connectivity index (χ1) is 15.8. The zero-order valence-electron chi connectivity index (χ0n) is 19.2. The molecule has 178 valence electrons. The fourth-order valence-corrected chi connectivity index (χ4v) is 6.43. The molecule has 3 aromatic rings. The molecule has 0 spiro atoms. The van der Waals surface area contributed by atoms with Crippen molar-refractivity contribution in [3.05, 3.63) is 46.4 Å². The molecule has 0 saturated carbocycles. The lowest BCUT2D eigenvalue weighted by atomic mass is 10.0. The van der Waals surface area contributed by atoms with E-state index in [0.29, 0.717) is 44.7 Å². The first-order valence-corrected chi connectivity index (χ1v) is 13.5. The predicted molar refractivity (Wildman–Crippen MR) is 129 cm³/mol. The topological polar surface area (TPSA) is 93.5 Å². The second-order valence-electron chi connectivity index (χ2n) is 8.56. The normalized spacial score (nSPS) is 16.4. The van der Waals surface area contributed by atoms with Crippen LogP contribution in [0, 0.1) is 5.92 Å². The average molecular weight is 491 g/mol. The van der Waals surface area contributed by atoms with Crippen molar-refractivity contribution in [1.82, 2.24) is 19.2 Å². The SMILES string of the molecule is CC(C)C(NC(=O)CCc1nc2cc(S(=O)(=O)N3CCOCC3)ccc2n1C)c1cccs1. The summed E-state index contributed by atoms with van der Waals surface area (Å²) in [5.41, 5.74) is 1.45. The van der Waals surface area contributed by atoms with Crippen LogP contribution in [0.15, 0.2) is 40.6 Å². The van der Waals surface area contributed by atoms with Crippen molar-refractivity contribution >= 4 is 38.3 Å². The van der Waals surface area contributed by atoms with E-state index in [1.54, 1.807) is 29.5 Å². The number of carbonyl (C=O) groups is 1. The van der Waals surface area contributed by atoms with E-state index in [9.17, 15) is 13.2 Å². The van der Waals surface area contributed by atoms with Crippen LogP contribution in [0.25, 0.3) is 11.0 Å². The van der Waals surface area contributed by atoms with Crippen LogP contribution in [0.5, 0.6) is 0 Å². The number of sulfonamides is 1.